The molecule has 108 valence electrons. The lowest BCUT2D eigenvalue weighted by atomic mass is 9.99. The molecule has 0 aliphatic carbocycles. The van der Waals surface area contributed by atoms with E-state index in [-0.39, 0.29) is 6.04 Å². The van der Waals surface area contributed by atoms with Crippen LogP contribution < -0.4 is 11.3 Å². The van der Waals surface area contributed by atoms with E-state index in [0.717, 1.165) is 29.1 Å². The van der Waals surface area contributed by atoms with E-state index < -0.39 is 0 Å². The van der Waals surface area contributed by atoms with Crippen LogP contribution in [0, 0.1) is 6.92 Å². The van der Waals surface area contributed by atoms with Gasteiger partial charge in [-0.3, -0.25) is 16.3 Å². The molecule has 0 bridgehead atoms. The minimum absolute atomic E-state index is 0.164. The highest BCUT2D eigenvalue weighted by Crippen LogP contribution is 2.19. The van der Waals surface area contributed by atoms with Crippen molar-refractivity contribution in [2.24, 2.45) is 5.84 Å². The number of thiazole rings is 1. The highest BCUT2D eigenvalue weighted by atomic mass is 32.1. The average molecular weight is 298 g/mol. The summed E-state index contributed by atoms with van der Waals surface area (Å²) < 4.78 is 0. The van der Waals surface area contributed by atoms with E-state index in [0.29, 0.717) is 0 Å². The van der Waals surface area contributed by atoms with E-state index in [2.05, 4.69) is 32.9 Å². The molecule has 0 fully saturated rings. The zero-order chi connectivity index (χ0) is 14.7. The van der Waals surface area contributed by atoms with Gasteiger partial charge in [0.05, 0.1) is 16.2 Å². The van der Waals surface area contributed by atoms with Crippen LogP contribution in [0.3, 0.4) is 0 Å². The number of aromatic nitrogens is 2. The van der Waals surface area contributed by atoms with E-state index in [9.17, 15) is 0 Å². The van der Waals surface area contributed by atoms with Crippen molar-refractivity contribution in [3.8, 4) is 0 Å². The van der Waals surface area contributed by atoms with Crippen LogP contribution in [0.4, 0.5) is 0 Å². The summed E-state index contributed by atoms with van der Waals surface area (Å²) in [6.45, 7) is 2.02. The minimum Gasteiger partial charge on any atom is -0.271 e. The van der Waals surface area contributed by atoms with E-state index in [1.807, 2.05) is 31.3 Å². The van der Waals surface area contributed by atoms with Gasteiger partial charge >= 0.3 is 0 Å². The molecule has 5 heteroatoms. The Morgan fingerprint density at radius 1 is 1.24 bits per heavy atom. The Morgan fingerprint density at radius 3 is 2.86 bits per heavy atom. The highest BCUT2D eigenvalue weighted by molar-refractivity contribution is 7.09. The second-order valence-corrected chi connectivity index (χ2v) is 6.18. The maximum absolute atomic E-state index is 5.73. The zero-order valence-corrected chi connectivity index (χ0v) is 12.7. The Kier molecular flexibility index (Phi) is 4.24. The summed E-state index contributed by atoms with van der Waals surface area (Å²) in [5, 5.41) is 4.38. The molecular formula is C16H18N4S. The van der Waals surface area contributed by atoms with Gasteiger partial charge in [0.15, 0.2) is 0 Å². The quantitative estimate of drug-likeness (QED) is 0.561. The number of fused-ring (bicyclic) bond motifs is 1. The van der Waals surface area contributed by atoms with Crippen molar-refractivity contribution in [2.75, 3.05) is 0 Å². The van der Waals surface area contributed by atoms with Gasteiger partial charge in [0, 0.05) is 29.4 Å². The molecule has 0 saturated carbocycles. The van der Waals surface area contributed by atoms with Crippen molar-refractivity contribution in [1.82, 2.24) is 15.4 Å². The lowest BCUT2D eigenvalue weighted by Crippen LogP contribution is -2.38. The van der Waals surface area contributed by atoms with E-state index in [1.54, 1.807) is 11.3 Å². The molecule has 0 aliphatic rings. The number of pyridine rings is 1. The Bertz CT molecular complexity index is 732. The van der Waals surface area contributed by atoms with Crippen LogP contribution in [0.25, 0.3) is 10.9 Å². The third-order valence-corrected chi connectivity index (χ3v) is 4.39. The molecule has 4 nitrogen and oxygen atoms in total. The number of para-hydroxylation sites is 1. The van der Waals surface area contributed by atoms with Gasteiger partial charge in [0.1, 0.15) is 0 Å². The van der Waals surface area contributed by atoms with Crippen molar-refractivity contribution < 1.29 is 0 Å². The summed E-state index contributed by atoms with van der Waals surface area (Å²) >= 11 is 1.68. The van der Waals surface area contributed by atoms with Crippen molar-refractivity contribution >= 4 is 22.2 Å². The summed E-state index contributed by atoms with van der Waals surface area (Å²) in [6.07, 6.45) is 3.55. The van der Waals surface area contributed by atoms with Crippen molar-refractivity contribution in [2.45, 2.75) is 25.8 Å². The zero-order valence-electron chi connectivity index (χ0n) is 11.9. The Hall–Kier alpha value is -1.82. The SMILES string of the molecule is Cc1nc(CC(Cc2ccnc3ccccc23)NN)cs1. The topological polar surface area (TPSA) is 63.8 Å². The van der Waals surface area contributed by atoms with E-state index >= 15 is 0 Å². The molecule has 1 unspecified atom stereocenters. The third kappa shape index (κ3) is 3.26. The van der Waals surface area contributed by atoms with Crippen molar-refractivity contribution in [3.05, 3.63) is 58.2 Å². The van der Waals surface area contributed by atoms with Crippen LogP contribution in [0.2, 0.25) is 0 Å². The molecule has 0 saturated heterocycles. The maximum atomic E-state index is 5.73. The molecule has 0 aliphatic heterocycles. The van der Waals surface area contributed by atoms with E-state index in [4.69, 9.17) is 5.84 Å². The lowest BCUT2D eigenvalue weighted by molar-refractivity contribution is 0.519. The molecule has 1 aromatic carbocycles. The number of hydrogen-bond donors (Lipinski definition) is 2. The van der Waals surface area contributed by atoms with Gasteiger partial charge in [-0.15, -0.1) is 11.3 Å². The van der Waals surface area contributed by atoms with Crippen LogP contribution in [0.5, 0.6) is 0 Å². The first-order chi connectivity index (χ1) is 10.3. The van der Waals surface area contributed by atoms with Crippen LogP contribution in [0.1, 0.15) is 16.3 Å². The molecular weight excluding hydrogens is 280 g/mol. The summed E-state index contributed by atoms with van der Waals surface area (Å²) in [6, 6.07) is 10.4. The Morgan fingerprint density at radius 2 is 2.10 bits per heavy atom. The molecule has 3 aromatic rings. The van der Waals surface area contributed by atoms with Crippen LogP contribution in [-0.2, 0) is 12.8 Å². The standard InChI is InChI=1S/C16H18N4S/c1-11-19-14(10-21-11)9-13(20-17)8-12-6-7-18-16-5-3-2-4-15(12)16/h2-7,10,13,20H,8-9,17H2,1H3. The van der Waals surface area contributed by atoms with Gasteiger partial charge in [0.25, 0.3) is 0 Å². The number of nitrogens with zero attached hydrogens (tertiary/aromatic N) is 2. The number of benzene rings is 1. The largest absolute Gasteiger partial charge is 0.271 e. The first-order valence-corrected chi connectivity index (χ1v) is 7.84. The Balaban J connectivity index is 1.82. The molecule has 2 aromatic heterocycles. The maximum Gasteiger partial charge on any atom is 0.0897 e. The smallest absolute Gasteiger partial charge is 0.0897 e. The van der Waals surface area contributed by atoms with Crippen LogP contribution in [0.15, 0.2) is 41.9 Å². The molecule has 0 spiro atoms. The van der Waals surface area contributed by atoms with Crippen molar-refractivity contribution in [3.63, 3.8) is 0 Å². The van der Waals surface area contributed by atoms with Crippen molar-refractivity contribution in [1.29, 1.82) is 0 Å². The molecule has 0 radical (unpaired) electrons. The first kappa shape index (κ1) is 14.1. The fourth-order valence-corrected chi connectivity index (χ4v) is 3.17. The summed E-state index contributed by atoms with van der Waals surface area (Å²) in [4.78, 5) is 8.91. The summed E-state index contributed by atoms with van der Waals surface area (Å²) in [5.74, 6) is 5.73. The molecule has 0 amide bonds. The second-order valence-electron chi connectivity index (χ2n) is 5.12. The second kappa shape index (κ2) is 6.30. The summed E-state index contributed by atoms with van der Waals surface area (Å²) in [7, 11) is 0. The minimum atomic E-state index is 0.164. The van der Waals surface area contributed by atoms with Crippen LogP contribution in [-0.4, -0.2) is 16.0 Å². The van der Waals surface area contributed by atoms with Crippen LogP contribution >= 0.6 is 11.3 Å². The van der Waals surface area contributed by atoms with Gasteiger partial charge in [-0.1, -0.05) is 18.2 Å². The predicted octanol–water partition coefficient (Wildman–Crippen LogP) is 2.62. The predicted molar refractivity (Wildman–Crippen MR) is 87.1 cm³/mol. The molecule has 3 N–H and O–H groups in total. The van der Waals surface area contributed by atoms with E-state index in [1.165, 1.54) is 10.9 Å². The molecule has 21 heavy (non-hydrogen) atoms. The Labute approximate surface area is 128 Å². The number of nitrogens with two attached hydrogens (primary N) is 1. The molecule has 3 rings (SSSR count). The monoisotopic (exact) mass is 298 g/mol. The van der Waals surface area contributed by atoms with Gasteiger partial charge < -0.3 is 0 Å². The van der Waals surface area contributed by atoms with Gasteiger partial charge in [-0.25, -0.2) is 4.98 Å². The third-order valence-electron chi connectivity index (χ3n) is 3.56. The van der Waals surface area contributed by atoms with Gasteiger partial charge in [-0.05, 0) is 31.0 Å². The fraction of sp³-hybridized carbons (Fsp3) is 0.250. The fourth-order valence-electron chi connectivity index (χ4n) is 2.54. The number of rotatable bonds is 5. The summed E-state index contributed by atoms with van der Waals surface area (Å²) in [5.41, 5.74) is 6.30. The normalized spacial score (nSPS) is 12.7. The van der Waals surface area contributed by atoms with Gasteiger partial charge in [-0.2, -0.15) is 0 Å². The molecule has 2 heterocycles. The molecule has 1 atom stereocenters. The number of hydrogen-bond acceptors (Lipinski definition) is 5. The number of nitrogens with one attached hydrogen (secondary N) is 1. The average Bonchev–Trinajstić information content (AvgIpc) is 2.92. The first-order valence-electron chi connectivity index (χ1n) is 6.96. The highest BCUT2D eigenvalue weighted by Gasteiger charge is 2.12. The van der Waals surface area contributed by atoms with Gasteiger partial charge in [0.2, 0.25) is 0 Å². The lowest BCUT2D eigenvalue weighted by Gasteiger charge is -2.16. The number of hydrazine groups is 1. The number of aryl methyl sites for hydroxylation is 1.